The quantitative estimate of drug-likeness (QED) is 0.264. The monoisotopic (exact) mass is 593 g/mol. The van der Waals surface area contributed by atoms with Gasteiger partial charge in [0.05, 0.1) is 12.3 Å². The molecule has 3 N–H and O–H groups in total. The first-order valence-corrected chi connectivity index (χ1v) is 14.7. The number of nitrogens with one attached hydrogen (secondary N) is 2. The van der Waals surface area contributed by atoms with Crippen LogP contribution in [-0.4, -0.2) is 34.2 Å². The second kappa shape index (κ2) is 10.6. The fourth-order valence-corrected chi connectivity index (χ4v) is 6.56. The van der Waals surface area contributed by atoms with Gasteiger partial charge in [-0.2, -0.15) is 0 Å². The molecule has 0 fully saturated rings. The van der Waals surface area contributed by atoms with Gasteiger partial charge >= 0.3 is 11.9 Å². The van der Waals surface area contributed by atoms with Crippen molar-refractivity contribution >= 4 is 23.5 Å². The second-order valence-corrected chi connectivity index (χ2v) is 11.8. The molecule has 3 aliphatic rings. The van der Waals surface area contributed by atoms with Gasteiger partial charge in [0.15, 0.2) is 17.7 Å². The highest BCUT2D eigenvalue weighted by molar-refractivity contribution is 5.89. The average molecular weight is 594 g/mol. The second-order valence-electron chi connectivity index (χ2n) is 11.8. The van der Waals surface area contributed by atoms with Crippen molar-refractivity contribution in [3.05, 3.63) is 112 Å². The Hall–Kier alpha value is -5.12. The van der Waals surface area contributed by atoms with E-state index >= 15 is 0 Å². The van der Waals surface area contributed by atoms with E-state index in [1.807, 2.05) is 86.6 Å². The van der Waals surface area contributed by atoms with Crippen LogP contribution in [0, 0.1) is 11.8 Å². The number of carbonyl (C=O) groups is 3. The van der Waals surface area contributed by atoms with Gasteiger partial charge in [-0.3, -0.25) is 9.59 Å². The van der Waals surface area contributed by atoms with Crippen molar-refractivity contribution in [3.63, 3.8) is 0 Å². The Bertz CT molecular complexity index is 1780. The number of nitrogens with zero attached hydrogens (tertiary/aromatic N) is 1. The van der Waals surface area contributed by atoms with E-state index in [1.54, 1.807) is 0 Å². The van der Waals surface area contributed by atoms with Crippen molar-refractivity contribution in [1.82, 2.24) is 10.3 Å². The number of aromatic nitrogens is 1. The third-order valence-electron chi connectivity index (χ3n) is 8.69. The molecule has 4 aromatic rings. The molecule has 1 spiro atoms. The number of oxazole rings is 1. The summed E-state index contributed by atoms with van der Waals surface area (Å²) >= 11 is 0. The van der Waals surface area contributed by atoms with E-state index in [-0.39, 0.29) is 48.6 Å². The van der Waals surface area contributed by atoms with Gasteiger partial charge in [0.1, 0.15) is 23.8 Å². The Balaban J connectivity index is 1.35. The Morgan fingerprint density at radius 3 is 2.59 bits per heavy atom. The van der Waals surface area contributed by atoms with Crippen LogP contribution in [0.1, 0.15) is 70.7 Å². The predicted molar refractivity (Wildman–Crippen MR) is 158 cm³/mol. The minimum Gasteiger partial charge on any atom is -0.476 e. The molecule has 1 unspecified atom stereocenters. The van der Waals surface area contributed by atoms with Crippen LogP contribution < -0.4 is 15.4 Å². The van der Waals surface area contributed by atoms with E-state index in [2.05, 4.69) is 15.6 Å². The smallest absolute Gasteiger partial charge is 0.358 e. The van der Waals surface area contributed by atoms with Crippen molar-refractivity contribution in [2.45, 2.75) is 51.0 Å². The zero-order valence-electron chi connectivity index (χ0n) is 24.2. The van der Waals surface area contributed by atoms with E-state index in [0.717, 1.165) is 22.4 Å². The summed E-state index contributed by atoms with van der Waals surface area (Å²) in [6, 6.07) is 21.8. The third-order valence-corrected chi connectivity index (χ3v) is 8.69. The van der Waals surface area contributed by atoms with Crippen molar-refractivity contribution in [1.29, 1.82) is 0 Å². The highest BCUT2D eigenvalue weighted by Crippen LogP contribution is 2.58. The molecule has 224 valence electrons. The molecular formula is C34H31N3O7. The summed E-state index contributed by atoms with van der Waals surface area (Å²) in [4.78, 5) is 44.1. The molecule has 7 rings (SSSR count). The number of esters is 1. The number of fused-ring (bicyclic) bond motifs is 4. The zero-order valence-corrected chi connectivity index (χ0v) is 24.2. The van der Waals surface area contributed by atoms with E-state index in [4.69, 9.17) is 13.9 Å². The molecule has 4 atom stereocenters. The number of amides is 1. The fraction of sp³-hybridized carbons (Fsp3) is 0.294. The Kier molecular flexibility index (Phi) is 6.64. The number of rotatable bonds is 6. The average Bonchev–Trinajstić information content (AvgIpc) is 3.68. The van der Waals surface area contributed by atoms with E-state index in [1.165, 1.54) is 0 Å². The number of aromatic carboxylic acids is 1. The van der Waals surface area contributed by atoms with E-state index in [0.29, 0.717) is 11.3 Å². The van der Waals surface area contributed by atoms with Crippen LogP contribution >= 0.6 is 0 Å². The highest BCUT2D eigenvalue weighted by atomic mass is 16.5. The molecule has 44 heavy (non-hydrogen) atoms. The van der Waals surface area contributed by atoms with Gasteiger partial charge in [0, 0.05) is 11.3 Å². The summed E-state index contributed by atoms with van der Waals surface area (Å²) in [6.07, 6.45) is -0.590. The number of carboxylic acid groups (broad SMARTS) is 1. The maximum absolute atomic E-state index is 13.8. The number of anilines is 1. The molecule has 0 saturated heterocycles. The first kappa shape index (κ1) is 27.7. The van der Waals surface area contributed by atoms with Gasteiger partial charge in [-0.05, 0) is 41.2 Å². The van der Waals surface area contributed by atoms with Crippen LogP contribution in [0.5, 0.6) is 5.75 Å². The molecule has 0 saturated carbocycles. The lowest BCUT2D eigenvalue weighted by Gasteiger charge is -2.28. The minimum atomic E-state index is -1.25. The normalized spacial score (nSPS) is 22.9. The number of ether oxygens (including phenoxy) is 2. The van der Waals surface area contributed by atoms with Crippen LogP contribution in [0.15, 0.2) is 77.2 Å². The van der Waals surface area contributed by atoms with Gasteiger partial charge in [-0.15, -0.1) is 0 Å². The molecule has 0 aliphatic carbocycles. The lowest BCUT2D eigenvalue weighted by Crippen LogP contribution is -2.41. The maximum atomic E-state index is 13.8. The van der Waals surface area contributed by atoms with E-state index < -0.39 is 35.5 Å². The number of hydrogen-bond donors (Lipinski definition) is 3. The van der Waals surface area contributed by atoms with Crippen molar-refractivity contribution in [2.24, 2.45) is 11.8 Å². The first-order valence-electron chi connectivity index (χ1n) is 14.7. The molecule has 10 heteroatoms. The number of para-hydroxylation sites is 1. The third kappa shape index (κ3) is 4.40. The summed E-state index contributed by atoms with van der Waals surface area (Å²) in [5.74, 6) is -2.33. The molecule has 10 nitrogen and oxygen atoms in total. The van der Waals surface area contributed by atoms with Crippen LogP contribution in [-0.2, 0) is 32.8 Å². The SMILES string of the molecule is CC(C)[C@@H]1NC(=O)[C@@H](CC(=O)OCc2ccccc2)Cc2ccc3c(c2)C2(c4ccccc4N[C@H]2O3)c2oc1nc2C(=O)O. The number of benzene rings is 3. The zero-order chi connectivity index (χ0) is 30.6. The van der Waals surface area contributed by atoms with Gasteiger partial charge in [0.2, 0.25) is 11.8 Å². The predicted octanol–water partition coefficient (Wildman–Crippen LogP) is 4.97. The molecule has 1 amide bonds. The topological polar surface area (TPSA) is 140 Å². The fourth-order valence-electron chi connectivity index (χ4n) is 6.56. The molecule has 4 heterocycles. The molecule has 0 radical (unpaired) electrons. The van der Waals surface area contributed by atoms with Gasteiger partial charge < -0.3 is 29.6 Å². The van der Waals surface area contributed by atoms with Gasteiger partial charge in [-0.25, -0.2) is 9.78 Å². The van der Waals surface area contributed by atoms with Gasteiger partial charge in [0.25, 0.3) is 0 Å². The van der Waals surface area contributed by atoms with Crippen LogP contribution in [0.25, 0.3) is 0 Å². The molecule has 4 bridgehead atoms. The number of hydrogen-bond acceptors (Lipinski definition) is 8. The Morgan fingerprint density at radius 2 is 1.82 bits per heavy atom. The largest absolute Gasteiger partial charge is 0.476 e. The molecule has 3 aliphatic heterocycles. The molecule has 1 aromatic heterocycles. The number of carbonyl (C=O) groups excluding carboxylic acids is 2. The Morgan fingerprint density at radius 1 is 1.05 bits per heavy atom. The summed E-state index contributed by atoms with van der Waals surface area (Å²) in [5.41, 5.74) is 2.53. The number of carboxylic acids is 1. The maximum Gasteiger partial charge on any atom is 0.358 e. The lowest BCUT2D eigenvalue weighted by atomic mass is 9.72. The summed E-state index contributed by atoms with van der Waals surface area (Å²) in [7, 11) is 0. The molecule has 3 aromatic carbocycles. The first-order chi connectivity index (χ1) is 21.3. The van der Waals surface area contributed by atoms with Crippen LogP contribution in [0.3, 0.4) is 0 Å². The van der Waals surface area contributed by atoms with Crippen molar-refractivity contribution in [3.8, 4) is 5.75 Å². The van der Waals surface area contributed by atoms with Crippen LogP contribution in [0.2, 0.25) is 0 Å². The lowest BCUT2D eigenvalue weighted by molar-refractivity contribution is -0.148. The summed E-state index contributed by atoms with van der Waals surface area (Å²) in [5, 5.41) is 16.8. The highest BCUT2D eigenvalue weighted by Gasteiger charge is 2.61. The van der Waals surface area contributed by atoms with Crippen molar-refractivity contribution in [2.75, 3.05) is 5.32 Å². The Labute approximate surface area is 253 Å². The van der Waals surface area contributed by atoms with Crippen LogP contribution in [0.4, 0.5) is 5.69 Å². The molecular weight excluding hydrogens is 562 g/mol. The van der Waals surface area contributed by atoms with Crippen molar-refractivity contribution < 1.29 is 33.4 Å². The summed E-state index contributed by atoms with van der Waals surface area (Å²) < 4.78 is 18.4. The standard InChI is InChI=1S/C34H31N3O7/c1-18(2)27-31-37-28(32(40)41)29(44-31)34-22-10-6-7-11-24(22)35-33(34)43-25-13-12-20(15-23(25)34)14-21(30(39)36-27)16-26(38)42-17-19-8-4-3-5-9-19/h3-13,15,18,21,27,33,35H,14,16-17H2,1-2H3,(H,36,39)(H,40,41)/t21-,27+,33+,34?/m1/s1. The van der Waals surface area contributed by atoms with Gasteiger partial charge in [-0.1, -0.05) is 74.5 Å². The van der Waals surface area contributed by atoms with E-state index in [9.17, 15) is 19.5 Å². The summed E-state index contributed by atoms with van der Waals surface area (Å²) in [6.45, 7) is 3.88. The minimum absolute atomic E-state index is 0.0776.